The van der Waals surface area contributed by atoms with Crippen LogP contribution >= 0.6 is 0 Å². The number of rotatable bonds is 3. The van der Waals surface area contributed by atoms with Crippen LogP contribution < -0.4 is 0 Å². The Labute approximate surface area is 218 Å². The van der Waals surface area contributed by atoms with E-state index in [2.05, 4.69) is 4.98 Å². The first kappa shape index (κ1) is 25.5. The molecular formula is C29H27F2N3O4. The zero-order valence-corrected chi connectivity index (χ0v) is 21.2. The molecule has 38 heavy (non-hydrogen) atoms. The Hall–Kier alpha value is -4.14. The molecule has 2 aromatic carbocycles. The van der Waals surface area contributed by atoms with Gasteiger partial charge < -0.3 is 5.11 Å². The number of nitrogens with zero attached hydrogens (tertiary/aromatic N) is 3. The van der Waals surface area contributed by atoms with Crippen molar-refractivity contribution in [2.45, 2.75) is 57.2 Å². The summed E-state index contributed by atoms with van der Waals surface area (Å²) < 4.78 is 29.7. The molecule has 3 amide bonds. The van der Waals surface area contributed by atoms with Crippen molar-refractivity contribution in [1.29, 1.82) is 0 Å². The predicted octanol–water partition coefficient (Wildman–Crippen LogP) is 6.09. The monoisotopic (exact) mass is 519 g/mol. The average molecular weight is 520 g/mol. The lowest BCUT2D eigenvalue weighted by atomic mass is 9.82. The molecule has 0 bridgehead atoms. The minimum Gasteiger partial charge on any atom is -0.465 e. The minimum atomic E-state index is -1.24. The lowest BCUT2D eigenvalue weighted by Crippen LogP contribution is -2.49. The summed E-state index contributed by atoms with van der Waals surface area (Å²) in [5.41, 5.74) is 0.472. The van der Waals surface area contributed by atoms with Gasteiger partial charge in [-0.25, -0.2) is 13.6 Å². The second-order valence-corrected chi connectivity index (χ2v) is 10.6. The van der Waals surface area contributed by atoms with Gasteiger partial charge in [0.1, 0.15) is 0 Å². The van der Waals surface area contributed by atoms with Crippen molar-refractivity contribution in [3.63, 3.8) is 0 Å². The van der Waals surface area contributed by atoms with Crippen LogP contribution in [0.5, 0.6) is 0 Å². The van der Waals surface area contributed by atoms with Crippen LogP contribution in [-0.4, -0.2) is 43.3 Å². The second-order valence-electron chi connectivity index (χ2n) is 10.6. The lowest BCUT2D eigenvalue weighted by Gasteiger charge is -2.43. The summed E-state index contributed by atoms with van der Waals surface area (Å²) >= 11 is 0. The maximum Gasteiger partial charge on any atom is 0.408 e. The van der Waals surface area contributed by atoms with Crippen molar-refractivity contribution in [3.05, 3.63) is 100 Å². The first-order valence-corrected chi connectivity index (χ1v) is 12.4. The molecule has 0 unspecified atom stereocenters. The maximum atomic E-state index is 15.3. The summed E-state index contributed by atoms with van der Waals surface area (Å²) in [5.74, 6) is -3.84. The summed E-state index contributed by atoms with van der Waals surface area (Å²) in [5, 5.41) is 10.4. The largest absolute Gasteiger partial charge is 0.465 e. The molecule has 3 aromatic rings. The smallest absolute Gasteiger partial charge is 0.408 e. The predicted molar refractivity (Wildman–Crippen MR) is 135 cm³/mol. The zero-order chi connectivity index (χ0) is 27.4. The first-order chi connectivity index (χ1) is 18.0. The Morgan fingerprint density at radius 1 is 0.947 bits per heavy atom. The van der Waals surface area contributed by atoms with Gasteiger partial charge >= 0.3 is 6.09 Å². The highest BCUT2D eigenvalue weighted by Crippen LogP contribution is 2.50. The number of hydrogen-bond acceptors (Lipinski definition) is 4. The lowest BCUT2D eigenvalue weighted by molar-refractivity contribution is 0.0568. The van der Waals surface area contributed by atoms with Crippen LogP contribution in [-0.2, 0) is 0 Å². The quantitative estimate of drug-likeness (QED) is 0.334. The van der Waals surface area contributed by atoms with Gasteiger partial charge in [0.15, 0.2) is 11.6 Å². The van der Waals surface area contributed by atoms with E-state index in [-0.39, 0.29) is 29.5 Å². The number of pyridine rings is 1. The van der Waals surface area contributed by atoms with Gasteiger partial charge in [-0.15, -0.1) is 0 Å². The molecule has 3 atom stereocenters. The molecule has 5 rings (SSSR count). The van der Waals surface area contributed by atoms with E-state index < -0.39 is 53.1 Å². The van der Waals surface area contributed by atoms with E-state index in [4.69, 9.17) is 0 Å². The van der Waals surface area contributed by atoms with Crippen LogP contribution in [0.3, 0.4) is 0 Å². The van der Waals surface area contributed by atoms with E-state index in [1.54, 1.807) is 57.2 Å². The van der Waals surface area contributed by atoms with Gasteiger partial charge in [-0.3, -0.25) is 24.4 Å². The van der Waals surface area contributed by atoms with Crippen molar-refractivity contribution in [2.24, 2.45) is 0 Å². The fourth-order valence-corrected chi connectivity index (χ4v) is 5.82. The molecule has 1 aliphatic heterocycles. The fraction of sp³-hybridized carbons (Fsp3) is 0.310. The summed E-state index contributed by atoms with van der Waals surface area (Å²) in [7, 11) is 0. The third-order valence-electron chi connectivity index (χ3n) is 7.36. The molecule has 1 N–H and O–H groups in total. The van der Waals surface area contributed by atoms with Crippen molar-refractivity contribution in [3.8, 4) is 0 Å². The second kappa shape index (κ2) is 9.31. The van der Waals surface area contributed by atoms with Gasteiger partial charge in [-0.2, -0.15) is 0 Å². The van der Waals surface area contributed by atoms with Crippen LogP contribution in [0.1, 0.15) is 89.2 Å². The minimum absolute atomic E-state index is 0.0308. The van der Waals surface area contributed by atoms with Crippen LogP contribution in [0, 0.1) is 11.6 Å². The maximum absolute atomic E-state index is 15.3. The van der Waals surface area contributed by atoms with E-state index in [1.165, 1.54) is 28.1 Å². The number of fused-ring (bicyclic) bond motifs is 2. The molecule has 1 aliphatic carbocycles. The van der Waals surface area contributed by atoms with Gasteiger partial charge in [0, 0.05) is 17.7 Å². The third-order valence-corrected chi connectivity index (χ3v) is 7.36. The Bertz CT molecular complexity index is 1420. The van der Waals surface area contributed by atoms with Crippen molar-refractivity contribution in [1.82, 2.24) is 14.8 Å². The highest BCUT2D eigenvalue weighted by Gasteiger charge is 2.48. The topological polar surface area (TPSA) is 90.8 Å². The van der Waals surface area contributed by atoms with Crippen LogP contribution in [0.4, 0.5) is 13.6 Å². The highest BCUT2D eigenvalue weighted by atomic mass is 19.2. The van der Waals surface area contributed by atoms with Gasteiger partial charge in [0.2, 0.25) is 0 Å². The molecule has 0 spiro atoms. The van der Waals surface area contributed by atoms with Crippen LogP contribution in [0.15, 0.2) is 60.8 Å². The molecule has 2 heterocycles. The molecular weight excluding hydrogens is 492 g/mol. The standard InChI is InChI=1S/C29H27F2N3O4/c1-29(2,3)34(28(37)38)25-17(16-10-6-12-21(30)23(16)31)13-14-22(24-20(25)11-7-15-32-24)33-26(35)18-8-4-5-9-19(18)27(33)36/h4-12,15,17,22,25H,13-14H2,1-3H3,(H,37,38)/t17-,22+,25-/m0/s1. The number of carbonyl (C=O) groups excluding carboxylic acids is 2. The number of carbonyl (C=O) groups is 3. The molecule has 7 nitrogen and oxygen atoms in total. The van der Waals surface area contributed by atoms with Gasteiger partial charge in [-0.1, -0.05) is 30.3 Å². The van der Waals surface area contributed by atoms with Crippen molar-refractivity contribution >= 4 is 17.9 Å². The molecule has 0 radical (unpaired) electrons. The van der Waals surface area contributed by atoms with Gasteiger partial charge in [0.05, 0.1) is 28.9 Å². The number of imide groups is 1. The van der Waals surface area contributed by atoms with E-state index in [0.717, 1.165) is 6.07 Å². The molecule has 2 aliphatic rings. The molecule has 9 heteroatoms. The number of aromatic nitrogens is 1. The van der Waals surface area contributed by atoms with E-state index in [1.807, 2.05) is 0 Å². The highest BCUT2D eigenvalue weighted by molar-refractivity contribution is 6.21. The van der Waals surface area contributed by atoms with E-state index in [9.17, 15) is 23.9 Å². The Morgan fingerprint density at radius 2 is 1.58 bits per heavy atom. The van der Waals surface area contributed by atoms with E-state index in [0.29, 0.717) is 11.3 Å². The molecule has 196 valence electrons. The summed E-state index contributed by atoms with van der Waals surface area (Å²) in [6.07, 6.45) is 0.633. The summed E-state index contributed by atoms with van der Waals surface area (Å²) in [6, 6.07) is 11.9. The normalized spacial score (nSPS) is 21.1. The zero-order valence-electron chi connectivity index (χ0n) is 21.2. The Morgan fingerprint density at radius 3 is 2.18 bits per heavy atom. The number of benzene rings is 2. The summed E-state index contributed by atoms with van der Waals surface area (Å²) in [4.78, 5) is 46.5. The van der Waals surface area contributed by atoms with Crippen molar-refractivity contribution in [2.75, 3.05) is 0 Å². The SMILES string of the molecule is CC(C)(C)N(C(=O)O)[C@@H]1c2cccnc2[C@H](N2C(=O)c3ccccc3C2=O)CC[C@H]1c1cccc(F)c1F. The average Bonchev–Trinajstić information content (AvgIpc) is 3.01. The fourth-order valence-electron chi connectivity index (χ4n) is 5.82. The van der Waals surface area contributed by atoms with Gasteiger partial charge in [0.25, 0.3) is 11.8 Å². The van der Waals surface area contributed by atoms with Crippen LogP contribution in [0.25, 0.3) is 0 Å². The number of hydrogen-bond donors (Lipinski definition) is 1. The third kappa shape index (κ3) is 4.02. The first-order valence-electron chi connectivity index (χ1n) is 12.4. The Balaban J connectivity index is 1.73. The number of amides is 3. The Kier molecular flexibility index (Phi) is 6.25. The molecule has 0 fully saturated rings. The summed E-state index contributed by atoms with van der Waals surface area (Å²) in [6.45, 7) is 5.17. The number of halogens is 2. The molecule has 0 saturated carbocycles. The van der Waals surface area contributed by atoms with Crippen LogP contribution in [0.2, 0.25) is 0 Å². The number of carboxylic acid groups (broad SMARTS) is 1. The molecule has 1 aromatic heterocycles. The van der Waals surface area contributed by atoms with E-state index >= 15 is 4.39 Å². The van der Waals surface area contributed by atoms with Gasteiger partial charge in [-0.05, 0) is 69.0 Å². The molecule has 0 saturated heterocycles. The van der Waals surface area contributed by atoms with Crippen molar-refractivity contribution < 1.29 is 28.3 Å².